The monoisotopic (exact) mass is 299 g/mol. The largest absolute Gasteiger partial charge is 0.458 e. The van der Waals surface area contributed by atoms with E-state index in [1.54, 1.807) is 10.9 Å². The maximum Gasteiger partial charge on any atom is 0.360 e. The molecule has 3 rings (SSSR count). The van der Waals surface area contributed by atoms with Crippen LogP contribution in [0.4, 0.5) is 0 Å². The Bertz CT molecular complexity index is 624. The van der Waals surface area contributed by atoms with Crippen LogP contribution in [-0.2, 0) is 11.3 Å². The molecule has 1 aliphatic rings. The quantitative estimate of drug-likeness (QED) is 0.814. The van der Waals surface area contributed by atoms with Crippen LogP contribution in [0.15, 0.2) is 36.5 Å². The van der Waals surface area contributed by atoms with E-state index in [1.807, 2.05) is 30.3 Å². The van der Waals surface area contributed by atoms with E-state index in [-0.39, 0.29) is 17.8 Å². The molecule has 2 atom stereocenters. The number of carbonyl (C=O) groups excluding carboxylic acids is 1. The van der Waals surface area contributed by atoms with Gasteiger partial charge < -0.3 is 4.74 Å². The summed E-state index contributed by atoms with van der Waals surface area (Å²) in [7, 11) is 0. The van der Waals surface area contributed by atoms with Gasteiger partial charge in [0.05, 0.1) is 12.7 Å². The Kier molecular flexibility index (Phi) is 4.51. The van der Waals surface area contributed by atoms with Crippen molar-refractivity contribution < 1.29 is 9.53 Å². The number of nitrogens with zero attached hydrogens (tertiary/aromatic N) is 3. The van der Waals surface area contributed by atoms with Gasteiger partial charge in [-0.1, -0.05) is 48.9 Å². The lowest BCUT2D eigenvalue weighted by atomic mass is 9.89. The van der Waals surface area contributed by atoms with Crippen LogP contribution in [0.2, 0.25) is 0 Å². The molecule has 1 saturated carbocycles. The first kappa shape index (κ1) is 14.8. The molecular weight excluding hydrogens is 278 g/mol. The fourth-order valence-corrected chi connectivity index (χ4v) is 2.94. The summed E-state index contributed by atoms with van der Waals surface area (Å²) >= 11 is 0. The normalized spacial score (nSPS) is 21.5. The molecule has 2 unspecified atom stereocenters. The third kappa shape index (κ3) is 3.72. The van der Waals surface area contributed by atoms with Crippen molar-refractivity contribution in [1.82, 2.24) is 15.0 Å². The van der Waals surface area contributed by atoms with E-state index in [9.17, 15) is 4.79 Å². The summed E-state index contributed by atoms with van der Waals surface area (Å²) in [5.74, 6) is 0.263. The Morgan fingerprint density at radius 3 is 2.91 bits per heavy atom. The summed E-state index contributed by atoms with van der Waals surface area (Å²) in [6.07, 6.45) is 5.93. The van der Waals surface area contributed by atoms with Crippen molar-refractivity contribution in [2.75, 3.05) is 0 Å². The van der Waals surface area contributed by atoms with E-state index in [0.717, 1.165) is 24.8 Å². The fourth-order valence-electron chi connectivity index (χ4n) is 2.94. The van der Waals surface area contributed by atoms with Crippen molar-refractivity contribution in [3.63, 3.8) is 0 Å². The molecule has 0 radical (unpaired) electrons. The van der Waals surface area contributed by atoms with Gasteiger partial charge in [-0.2, -0.15) is 0 Å². The molecule has 1 fully saturated rings. The summed E-state index contributed by atoms with van der Waals surface area (Å²) in [6, 6.07) is 9.96. The molecule has 116 valence electrons. The van der Waals surface area contributed by atoms with Crippen LogP contribution in [0.5, 0.6) is 0 Å². The second-order valence-electron chi connectivity index (χ2n) is 6.09. The first-order valence-corrected chi connectivity index (χ1v) is 7.86. The lowest BCUT2D eigenvalue weighted by Crippen LogP contribution is -2.24. The Hall–Kier alpha value is -2.17. The number of hydrogen-bond donors (Lipinski definition) is 0. The van der Waals surface area contributed by atoms with E-state index in [2.05, 4.69) is 17.2 Å². The van der Waals surface area contributed by atoms with Crippen molar-refractivity contribution in [3.05, 3.63) is 47.8 Å². The predicted octanol–water partition coefficient (Wildman–Crippen LogP) is 3.06. The Morgan fingerprint density at radius 2 is 2.14 bits per heavy atom. The molecule has 1 heterocycles. The highest BCUT2D eigenvalue weighted by Gasteiger charge is 2.24. The van der Waals surface area contributed by atoms with Crippen LogP contribution >= 0.6 is 0 Å². The first-order chi connectivity index (χ1) is 10.7. The SMILES string of the molecule is CC1CCCC(OC(=O)c2cn(Cc3ccccc3)nn2)C1. The van der Waals surface area contributed by atoms with Crippen molar-refractivity contribution in [1.29, 1.82) is 0 Å². The van der Waals surface area contributed by atoms with Crippen LogP contribution in [-0.4, -0.2) is 27.1 Å². The van der Waals surface area contributed by atoms with Crippen LogP contribution in [0, 0.1) is 5.92 Å². The number of benzene rings is 1. The number of hydrogen-bond acceptors (Lipinski definition) is 4. The minimum absolute atomic E-state index is 0.0236. The molecule has 0 N–H and O–H groups in total. The molecule has 5 heteroatoms. The predicted molar refractivity (Wildman–Crippen MR) is 82.4 cm³/mol. The van der Waals surface area contributed by atoms with Gasteiger partial charge >= 0.3 is 5.97 Å². The van der Waals surface area contributed by atoms with Gasteiger partial charge in [-0.05, 0) is 30.7 Å². The highest BCUT2D eigenvalue weighted by atomic mass is 16.5. The van der Waals surface area contributed by atoms with Gasteiger partial charge in [0.2, 0.25) is 0 Å². The second-order valence-corrected chi connectivity index (χ2v) is 6.09. The number of ether oxygens (including phenoxy) is 1. The molecule has 2 aromatic rings. The van der Waals surface area contributed by atoms with Crippen molar-refractivity contribution in [3.8, 4) is 0 Å². The summed E-state index contributed by atoms with van der Waals surface area (Å²) in [4.78, 5) is 12.1. The minimum Gasteiger partial charge on any atom is -0.458 e. The summed E-state index contributed by atoms with van der Waals surface area (Å²) in [6.45, 7) is 2.80. The van der Waals surface area contributed by atoms with Gasteiger partial charge in [-0.15, -0.1) is 5.10 Å². The van der Waals surface area contributed by atoms with Crippen molar-refractivity contribution in [2.24, 2.45) is 5.92 Å². The zero-order valence-corrected chi connectivity index (χ0v) is 12.8. The first-order valence-electron chi connectivity index (χ1n) is 7.86. The topological polar surface area (TPSA) is 57.0 Å². The Balaban J connectivity index is 1.59. The highest BCUT2D eigenvalue weighted by Crippen LogP contribution is 2.26. The van der Waals surface area contributed by atoms with E-state index in [4.69, 9.17) is 4.74 Å². The lowest BCUT2D eigenvalue weighted by molar-refractivity contribution is 0.0148. The second kappa shape index (κ2) is 6.73. The van der Waals surface area contributed by atoms with E-state index < -0.39 is 0 Å². The number of aromatic nitrogens is 3. The van der Waals surface area contributed by atoms with Crippen LogP contribution in [0.3, 0.4) is 0 Å². The Labute approximate surface area is 130 Å². The molecule has 1 aliphatic carbocycles. The minimum atomic E-state index is -0.363. The molecule has 1 aromatic carbocycles. The standard InChI is InChI=1S/C17H21N3O2/c1-13-6-5-9-15(10-13)22-17(21)16-12-20(19-18-16)11-14-7-3-2-4-8-14/h2-4,7-8,12-13,15H,5-6,9-11H2,1H3. The smallest absolute Gasteiger partial charge is 0.360 e. The van der Waals surface area contributed by atoms with Gasteiger partial charge in [0.25, 0.3) is 0 Å². The van der Waals surface area contributed by atoms with Crippen molar-refractivity contribution in [2.45, 2.75) is 45.3 Å². The average molecular weight is 299 g/mol. The molecule has 0 spiro atoms. The molecule has 0 aliphatic heterocycles. The van der Waals surface area contributed by atoms with Crippen LogP contribution in [0.1, 0.15) is 48.7 Å². The summed E-state index contributed by atoms with van der Waals surface area (Å²) < 4.78 is 7.22. The maximum absolute atomic E-state index is 12.1. The zero-order valence-electron chi connectivity index (χ0n) is 12.8. The third-order valence-electron chi connectivity index (χ3n) is 4.10. The van der Waals surface area contributed by atoms with Gasteiger partial charge in [0.1, 0.15) is 6.10 Å². The molecule has 5 nitrogen and oxygen atoms in total. The molecule has 22 heavy (non-hydrogen) atoms. The van der Waals surface area contributed by atoms with Crippen LogP contribution in [0.25, 0.3) is 0 Å². The Morgan fingerprint density at radius 1 is 1.32 bits per heavy atom. The van der Waals surface area contributed by atoms with Gasteiger partial charge in [0.15, 0.2) is 5.69 Å². The van der Waals surface area contributed by atoms with E-state index in [1.165, 1.54) is 6.42 Å². The molecular formula is C17H21N3O2. The summed E-state index contributed by atoms with van der Waals surface area (Å²) in [5.41, 5.74) is 1.41. The number of rotatable bonds is 4. The number of esters is 1. The number of carbonyl (C=O) groups is 1. The average Bonchev–Trinajstić information content (AvgIpc) is 2.97. The van der Waals surface area contributed by atoms with Crippen LogP contribution < -0.4 is 0 Å². The third-order valence-corrected chi connectivity index (χ3v) is 4.10. The van der Waals surface area contributed by atoms with Gasteiger partial charge in [-0.25, -0.2) is 9.48 Å². The highest BCUT2D eigenvalue weighted by molar-refractivity contribution is 5.86. The van der Waals surface area contributed by atoms with E-state index in [0.29, 0.717) is 12.5 Å². The van der Waals surface area contributed by atoms with Crippen molar-refractivity contribution >= 4 is 5.97 Å². The maximum atomic E-state index is 12.1. The zero-order chi connectivity index (χ0) is 15.4. The van der Waals surface area contributed by atoms with E-state index >= 15 is 0 Å². The summed E-state index contributed by atoms with van der Waals surface area (Å²) in [5, 5.41) is 7.94. The lowest BCUT2D eigenvalue weighted by Gasteiger charge is -2.26. The van der Waals surface area contributed by atoms with Gasteiger partial charge in [0, 0.05) is 0 Å². The molecule has 0 saturated heterocycles. The molecule has 1 aromatic heterocycles. The van der Waals surface area contributed by atoms with Gasteiger partial charge in [-0.3, -0.25) is 0 Å². The fraction of sp³-hybridized carbons (Fsp3) is 0.471. The molecule has 0 bridgehead atoms. The molecule has 0 amide bonds.